The summed E-state index contributed by atoms with van der Waals surface area (Å²) >= 11 is 0. The van der Waals surface area contributed by atoms with Crippen molar-refractivity contribution in [2.75, 3.05) is 11.1 Å². The summed E-state index contributed by atoms with van der Waals surface area (Å²) in [7, 11) is -3.42. The third-order valence-corrected chi connectivity index (χ3v) is 8.87. The van der Waals surface area contributed by atoms with E-state index in [-0.39, 0.29) is 11.6 Å². The number of aryl methyl sites for hydroxylation is 3. The van der Waals surface area contributed by atoms with E-state index in [9.17, 15) is 8.42 Å². The van der Waals surface area contributed by atoms with Crippen LogP contribution in [0.2, 0.25) is 0 Å². The molecule has 0 fully saturated rings. The quantitative estimate of drug-likeness (QED) is 0.770. The largest absolute Gasteiger partial charge is 0.386 e. The molecular formula is C22H27N3O2S. The van der Waals surface area contributed by atoms with Crippen molar-refractivity contribution in [2.45, 2.75) is 50.8 Å². The summed E-state index contributed by atoms with van der Waals surface area (Å²) in [6, 6.07) is 12.6. The average molecular weight is 398 g/mol. The molecule has 5 nitrogen and oxygen atoms in total. The van der Waals surface area contributed by atoms with Gasteiger partial charge in [-0.3, -0.25) is 4.99 Å². The minimum Gasteiger partial charge on any atom is -0.386 e. The number of hydrogen-bond acceptors (Lipinski definition) is 5. The lowest BCUT2D eigenvalue weighted by Gasteiger charge is -2.38. The third-order valence-electron chi connectivity index (χ3n) is 6.16. The summed E-state index contributed by atoms with van der Waals surface area (Å²) in [6.07, 6.45) is 1.91. The molecule has 0 amide bonds. The van der Waals surface area contributed by atoms with E-state index in [4.69, 9.17) is 5.73 Å². The first kappa shape index (κ1) is 19.0. The van der Waals surface area contributed by atoms with Gasteiger partial charge in [-0.1, -0.05) is 24.3 Å². The molecule has 0 spiro atoms. The van der Waals surface area contributed by atoms with Crippen molar-refractivity contribution in [1.82, 2.24) is 0 Å². The van der Waals surface area contributed by atoms with Crippen LogP contribution >= 0.6 is 0 Å². The number of fused-ring (bicyclic) bond motifs is 2. The number of aliphatic imine (C=N–C) groups is 1. The number of sulfone groups is 1. The molecule has 0 unspecified atom stereocenters. The van der Waals surface area contributed by atoms with Crippen LogP contribution in [-0.2, 0) is 28.2 Å². The Balaban J connectivity index is 1.79. The lowest BCUT2D eigenvalue weighted by Crippen LogP contribution is -2.54. The van der Waals surface area contributed by atoms with Gasteiger partial charge in [0.1, 0.15) is 10.6 Å². The smallest absolute Gasteiger partial charge is 0.165 e. The zero-order valence-electron chi connectivity index (χ0n) is 16.8. The first-order chi connectivity index (χ1) is 13.0. The van der Waals surface area contributed by atoms with E-state index in [0.717, 1.165) is 29.8 Å². The summed E-state index contributed by atoms with van der Waals surface area (Å²) in [5.74, 6) is 0.118. The van der Waals surface area contributed by atoms with Crippen LogP contribution in [0.25, 0.3) is 0 Å². The maximum absolute atomic E-state index is 12.9. The zero-order valence-corrected chi connectivity index (χ0v) is 17.7. The number of nitrogens with one attached hydrogen (secondary N) is 1. The molecule has 2 aromatic rings. The molecule has 2 aliphatic heterocycles. The van der Waals surface area contributed by atoms with Gasteiger partial charge in [0.05, 0.1) is 11.3 Å². The van der Waals surface area contributed by atoms with E-state index >= 15 is 0 Å². The van der Waals surface area contributed by atoms with Crippen LogP contribution < -0.4 is 11.1 Å². The van der Waals surface area contributed by atoms with Crippen molar-refractivity contribution in [3.05, 3.63) is 58.7 Å². The van der Waals surface area contributed by atoms with Crippen molar-refractivity contribution in [2.24, 2.45) is 10.7 Å². The molecule has 28 heavy (non-hydrogen) atoms. The van der Waals surface area contributed by atoms with Crippen LogP contribution in [0.15, 0.2) is 41.4 Å². The van der Waals surface area contributed by atoms with Gasteiger partial charge in [-0.25, -0.2) is 8.42 Å². The number of nitrogens with two attached hydrogens (primary N) is 1. The monoisotopic (exact) mass is 397 g/mol. The lowest BCUT2D eigenvalue weighted by atomic mass is 9.91. The number of benzene rings is 2. The van der Waals surface area contributed by atoms with Gasteiger partial charge in [0.15, 0.2) is 9.84 Å². The SMILES string of the molecule is Cc1ccc2c(c1)Nc1cc([C@]3(C)CS(=O)(=O)C(C)(C)C(N)=N3)ccc1CC2. The molecule has 0 saturated heterocycles. The van der Waals surface area contributed by atoms with Crippen molar-refractivity contribution in [3.63, 3.8) is 0 Å². The second-order valence-electron chi connectivity index (χ2n) is 8.70. The molecule has 0 aliphatic carbocycles. The molecule has 2 heterocycles. The van der Waals surface area contributed by atoms with Crippen LogP contribution in [0.1, 0.15) is 43.0 Å². The Hall–Kier alpha value is -2.34. The number of rotatable bonds is 1. The Morgan fingerprint density at radius 2 is 1.61 bits per heavy atom. The summed E-state index contributed by atoms with van der Waals surface area (Å²) in [6.45, 7) is 7.18. The van der Waals surface area contributed by atoms with Gasteiger partial charge in [0, 0.05) is 11.4 Å². The van der Waals surface area contributed by atoms with Crippen molar-refractivity contribution < 1.29 is 8.42 Å². The Labute approximate surface area is 167 Å². The summed E-state index contributed by atoms with van der Waals surface area (Å²) in [5, 5.41) is 3.56. The van der Waals surface area contributed by atoms with Crippen LogP contribution in [0.5, 0.6) is 0 Å². The van der Waals surface area contributed by atoms with Gasteiger partial charge >= 0.3 is 0 Å². The number of anilines is 2. The van der Waals surface area contributed by atoms with Gasteiger partial charge in [0.25, 0.3) is 0 Å². The molecule has 148 valence electrons. The second-order valence-corrected chi connectivity index (χ2v) is 11.2. The van der Waals surface area contributed by atoms with E-state index < -0.39 is 20.1 Å². The highest BCUT2D eigenvalue weighted by atomic mass is 32.2. The fourth-order valence-corrected chi connectivity index (χ4v) is 5.67. The van der Waals surface area contributed by atoms with Crippen molar-refractivity contribution >= 4 is 27.0 Å². The van der Waals surface area contributed by atoms with Crippen molar-refractivity contribution in [3.8, 4) is 0 Å². The molecule has 1 atom stereocenters. The first-order valence-electron chi connectivity index (χ1n) is 9.60. The van der Waals surface area contributed by atoms with Crippen molar-refractivity contribution in [1.29, 1.82) is 0 Å². The van der Waals surface area contributed by atoms with Gasteiger partial charge < -0.3 is 11.1 Å². The standard InChI is InChI=1S/C22H27N3O2S/c1-14-5-6-15-7-8-16-9-10-17(12-19(16)24-18(15)11-14)22(4)13-28(26,27)21(2,3)20(23)25-22/h5-6,9-12,24H,7-8,13H2,1-4H3,(H2,23,25)/t22-/m0/s1. The fourth-order valence-electron chi connectivity index (χ4n) is 3.98. The molecule has 0 aromatic heterocycles. The highest BCUT2D eigenvalue weighted by Crippen LogP contribution is 2.39. The van der Waals surface area contributed by atoms with E-state index in [1.165, 1.54) is 16.7 Å². The maximum atomic E-state index is 12.9. The summed E-state index contributed by atoms with van der Waals surface area (Å²) < 4.78 is 24.6. The highest BCUT2D eigenvalue weighted by Gasteiger charge is 2.48. The average Bonchev–Trinajstić information content (AvgIpc) is 2.77. The van der Waals surface area contributed by atoms with E-state index in [2.05, 4.69) is 41.5 Å². The molecule has 4 rings (SSSR count). The molecule has 6 heteroatoms. The minimum atomic E-state index is -3.42. The van der Waals surface area contributed by atoms with Gasteiger partial charge in [0.2, 0.25) is 0 Å². The summed E-state index contributed by atoms with van der Waals surface area (Å²) in [5.41, 5.74) is 11.9. The lowest BCUT2D eigenvalue weighted by molar-refractivity contribution is 0.501. The Bertz CT molecular complexity index is 1100. The molecule has 0 saturated carbocycles. The maximum Gasteiger partial charge on any atom is 0.165 e. The fraction of sp³-hybridized carbons (Fsp3) is 0.409. The second kappa shape index (κ2) is 6.08. The van der Waals surface area contributed by atoms with E-state index in [0.29, 0.717) is 0 Å². The minimum absolute atomic E-state index is 0.0534. The first-order valence-corrected chi connectivity index (χ1v) is 11.3. The summed E-state index contributed by atoms with van der Waals surface area (Å²) in [4.78, 5) is 4.65. The van der Waals surface area contributed by atoms with Gasteiger partial charge in [-0.15, -0.1) is 0 Å². The molecule has 0 radical (unpaired) electrons. The Morgan fingerprint density at radius 1 is 1.00 bits per heavy atom. The molecule has 2 aromatic carbocycles. The predicted octanol–water partition coefficient (Wildman–Crippen LogP) is 3.62. The van der Waals surface area contributed by atoms with Crippen LogP contribution in [0.4, 0.5) is 11.4 Å². The predicted molar refractivity (Wildman–Crippen MR) is 115 cm³/mol. The number of hydrogen-bond donors (Lipinski definition) is 2. The Morgan fingerprint density at radius 3 is 2.25 bits per heavy atom. The molecule has 3 N–H and O–H groups in total. The van der Waals surface area contributed by atoms with E-state index in [1.807, 2.05) is 19.1 Å². The molecule has 0 bridgehead atoms. The zero-order chi connectivity index (χ0) is 20.3. The number of amidine groups is 1. The normalized spacial score (nSPS) is 24.9. The van der Waals surface area contributed by atoms with Gasteiger partial charge in [-0.05, 0) is 74.9 Å². The van der Waals surface area contributed by atoms with Crippen LogP contribution in [0, 0.1) is 6.92 Å². The molecule has 2 aliphatic rings. The van der Waals surface area contributed by atoms with Crippen LogP contribution in [-0.4, -0.2) is 24.8 Å². The molecular weight excluding hydrogens is 370 g/mol. The Kier molecular flexibility index (Phi) is 4.12. The van der Waals surface area contributed by atoms with Crippen LogP contribution in [0.3, 0.4) is 0 Å². The highest BCUT2D eigenvalue weighted by molar-refractivity contribution is 7.93. The van der Waals surface area contributed by atoms with E-state index in [1.54, 1.807) is 13.8 Å². The number of nitrogens with zero attached hydrogens (tertiary/aromatic N) is 1. The third kappa shape index (κ3) is 2.91. The topological polar surface area (TPSA) is 84.5 Å². The van der Waals surface area contributed by atoms with Gasteiger partial charge in [-0.2, -0.15) is 0 Å².